The molecular weight excluding hydrogens is 304 g/mol. The van der Waals surface area contributed by atoms with E-state index in [-0.39, 0.29) is 0 Å². The van der Waals surface area contributed by atoms with Crippen molar-refractivity contribution in [3.05, 3.63) is 34.3 Å². The van der Waals surface area contributed by atoms with Gasteiger partial charge in [0, 0.05) is 37.3 Å². The Bertz CT molecular complexity index is 380. The van der Waals surface area contributed by atoms with E-state index < -0.39 is 0 Å². The maximum absolute atomic E-state index is 5.23. The van der Waals surface area contributed by atoms with E-state index in [1.807, 2.05) is 0 Å². The topological polar surface area (TPSA) is 24.5 Å². The van der Waals surface area contributed by atoms with Crippen LogP contribution in [0.15, 0.2) is 28.7 Å². The van der Waals surface area contributed by atoms with Gasteiger partial charge in [0.1, 0.15) is 0 Å². The molecule has 0 aromatic heterocycles. The first-order valence-corrected chi connectivity index (χ1v) is 7.76. The molecule has 3 nitrogen and oxygen atoms in total. The van der Waals surface area contributed by atoms with Gasteiger partial charge in [-0.3, -0.25) is 4.90 Å². The number of ether oxygens (including phenoxy) is 1. The van der Waals surface area contributed by atoms with E-state index in [1.165, 1.54) is 24.9 Å². The van der Waals surface area contributed by atoms with E-state index >= 15 is 0 Å². The first kappa shape index (κ1) is 15.0. The molecule has 106 valence electrons. The second kappa shape index (κ2) is 8.00. The van der Waals surface area contributed by atoms with Gasteiger partial charge in [-0.1, -0.05) is 28.1 Å². The Hall–Kier alpha value is -0.420. The molecule has 0 radical (unpaired) electrons. The number of benzene rings is 1. The lowest BCUT2D eigenvalue weighted by Crippen LogP contribution is -2.38. The molecular formula is C15H23BrN2O. The molecule has 1 saturated heterocycles. The Morgan fingerprint density at radius 3 is 3.05 bits per heavy atom. The van der Waals surface area contributed by atoms with Gasteiger partial charge in [0.2, 0.25) is 0 Å². The number of halogens is 1. The molecule has 1 N–H and O–H groups in total. The SMILES string of the molecule is COCCN(Cc1cccc(Br)c1)CC1CCCN1. The van der Waals surface area contributed by atoms with Crippen molar-refractivity contribution in [3.8, 4) is 0 Å². The minimum atomic E-state index is 0.643. The highest BCUT2D eigenvalue weighted by molar-refractivity contribution is 9.10. The number of methoxy groups -OCH3 is 1. The predicted octanol–water partition coefficient (Wildman–Crippen LogP) is 2.65. The third-order valence-corrected chi connectivity index (χ3v) is 4.04. The summed E-state index contributed by atoms with van der Waals surface area (Å²) in [5.74, 6) is 0. The number of nitrogens with zero attached hydrogens (tertiary/aromatic N) is 1. The molecule has 0 amide bonds. The van der Waals surface area contributed by atoms with E-state index in [1.54, 1.807) is 7.11 Å². The highest BCUT2D eigenvalue weighted by atomic mass is 79.9. The lowest BCUT2D eigenvalue weighted by molar-refractivity contribution is 0.138. The van der Waals surface area contributed by atoms with Gasteiger partial charge in [0.15, 0.2) is 0 Å². The van der Waals surface area contributed by atoms with E-state index in [4.69, 9.17) is 4.74 Å². The van der Waals surface area contributed by atoms with Gasteiger partial charge >= 0.3 is 0 Å². The standard InChI is InChI=1S/C15H23BrN2O/c1-19-9-8-18(12-15-6-3-7-17-15)11-13-4-2-5-14(16)10-13/h2,4-5,10,15,17H,3,6-9,11-12H2,1H3. The second-order valence-corrected chi connectivity index (χ2v) is 6.07. The van der Waals surface area contributed by atoms with Crippen LogP contribution in [0, 0.1) is 0 Å². The number of hydrogen-bond acceptors (Lipinski definition) is 3. The van der Waals surface area contributed by atoms with Gasteiger partial charge in [0.05, 0.1) is 6.61 Å². The first-order chi connectivity index (χ1) is 9.28. The van der Waals surface area contributed by atoms with Crippen molar-refractivity contribution < 1.29 is 4.74 Å². The van der Waals surface area contributed by atoms with Crippen LogP contribution in [0.2, 0.25) is 0 Å². The first-order valence-electron chi connectivity index (χ1n) is 6.97. The molecule has 1 fully saturated rings. The molecule has 0 bridgehead atoms. The lowest BCUT2D eigenvalue weighted by Gasteiger charge is -2.25. The maximum atomic E-state index is 5.23. The van der Waals surface area contributed by atoms with Crippen LogP contribution in [-0.2, 0) is 11.3 Å². The van der Waals surface area contributed by atoms with Crippen LogP contribution in [-0.4, -0.2) is 44.3 Å². The minimum Gasteiger partial charge on any atom is -0.383 e. The molecule has 2 rings (SSSR count). The van der Waals surface area contributed by atoms with Gasteiger partial charge < -0.3 is 10.1 Å². The molecule has 0 saturated carbocycles. The van der Waals surface area contributed by atoms with Gasteiger partial charge in [-0.05, 0) is 37.1 Å². The van der Waals surface area contributed by atoms with Crippen LogP contribution in [0.4, 0.5) is 0 Å². The largest absolute Gasteiger partial charge is 0.383 e. The molecule has 1 unspecified atom stereocenters. The monoisotopic (exact) mass is 326 g/mol. The van der Waals surface area contributed by atoms with Crippen LogP contribution >= 0.6 is 15.9 Å². The highest BCUT2D eigenvalue weighted by Gasteiger charge is 2.17. The molecule has 1 heterocycles. The molecule has 1 aromatic carbocycles. The average Bonchev–Trinajstić information content (AvgIpc) is 2.89. The fourth-order valence-corrected chi connectivity index (χ4v) is 3.02. The average molecular weight is 327 g/mol. The van der Waals surface area contributed by atoms with Crippen molar-refractivity contribution >= 4 is 15.9 Å². The van der Waals surface area contributed by atoms with E-state index in [0.29, 0.717) is 6.04 Å². The third-order valence-electron chi connectivity index (χ3n) is 3.55. The van der Waals surface area contributed by atoms with Gasteiger partial charge in [-0.15, -0.1) is 0 Å². The second-order valence-electron chi connectivity index (χ2n) is 5.15. The Morgan fingerprint density at radius 2 is 2.37 bits per heavy atom. The number of hydrogen-bond donors (Lipinski definition) is 1. The third kappa shape index (κ3) is 5.22. The summed E-state index contributed by atoms with van der Waals surface area (Å²) in [5.41, 5.74) is 1.35. The van der Waals surface area contributed by atoms with Crippen molar-refractivity contribution in [2.45, 2.75) is 25.4 Å². The summed E-state index contributed by atoms with van der Waals surface area (Å²) < 4.78 is 6.38. The van der Waals surface area contributed by atoms with Gasteiger partial charge in [0.25, 0.3) is 0 Å². The summed E-state index contributed by atoms with van der Waals surface area (Å²) >= 11 is 3.54. The fraction of sp³-hybridized carbons (Fsp3) is 0.600. The molecule has 1 aliphatic heterocycles. The predicted molar refractivity (Wildman–Crippen MR) is 82.3 cm³/mol. The van der Waals surface area contributed by atoms with Gasteiger partial charge in [-0.2, -0.15) is 0 Å². The molecule has 1 atom stereocenters. The van der Waals surface area contributed by atoms with Crippen LogP contribution in [0.5, 0.6) is 0 Å². The Balaban J connectivity index is 1.92. The maximum Gasteiger partial charge on any atom is 0.0589 e. The van der Waals surface area contributed by atoms with Crippen molar-refractivity contribution in [3.63, 3.8) is 0 Å². The molecule has 19 heavy (non-hydrogen) atoms. The summed E-state index contributed by atoms with van der Waals surface area (Å²) in [6, 6.07) is 9.20. The molecule has 1 aromatic rings. The van der Waals surface area contributed by atoms with Crippen LogP contribution in [0.1, 0.15) is 18.4 Å². The Morgan fingerprint density at radius 1 is 1.47 bits per heavy atom. The smallest absolute Gasteiger partial charge is 0.0589 e. The Labute approximate surface area is 124 Å². The minimum absolute atomic E-state index is 0.643. The summed E-state index contributed by atoms with van der Waals surface area (Å²) in [4.78, 5) is 2.48. The number of nitrogens with one attached hydrogen (secondary N) is 1. The van der Waals surface area contributed by atoms with Crippen LogP contribution in [0.3, 0.4) is 0 Å². The molecule has 4 heteroatoms. The van der Waals surface area contributed by atoms with E-state index in [2.05, 4.69) is 50.4 Å². The quantitative estimate of drug-likeness (QED) is 0.833. The highest BCUT2D eigenvalue weighted by Crippen LogP contribution is 2.15. The summed E-state index contributed by atoms with van der Waals surface area (Å²) in [6.07, 6.45) is 2.60. The zero-order valence-corrected chi connectivity index (χ0v) is 13.2. The molecule has 0 aliphatic carbocycles. The zero-order valence-electron chi connectivity index (χ0n) is 11.6. The van der Waals surface area contributed by atoms with Crippen LogP contribution < -0.4 is 5.32 Å². The van der Waals surface area contributed by atoms with Crippen molar-refractivity contribution in [2.75, 3.05) is 33.4 Å². The summed E-state index contributed by atoms with van der Waals surface area (Å²) in [6.45, 7) is 5.04. The van der Waals surface area contributed by atoms with Crippen LogP contribution in [0.25, 0.3) is 0 Å². The van der Waals surface area contributed by atoms with Crippen molar-refractivity contribution in [1.82, 2.24) is 10.2 Å². The van der Waals surface area contributed by atoms with E-state index in [0.717, 1.165) is 30.7 Å². The van der Waals surface area contributed by atoms with Gasteiger partial charge in [-0.25, -0.2) is 0 Å². The Kier molecular flexibility index (Phi) is 6.31. The molecule has 0 spiro atoms. The normalized spacial score (nSPS) is 19.2. The summed E-state index contributed by atoms with van der Waals surface area (Å²) in [5, 5.41) is 3.57. The fourth-order valence-electron chi connectivity index (χ4n) is 2.57. The number of rotatable bonds is 7. The van der Waals surface area contributed by atoms with E-state index in [9.17, 15) is 0 Å². The lowest BCUT2D eigenvalue weighted by atomic mass is 10.1. The van der Waals surface area contributed by atoms with Crippen molar-refractivity contribution in [1.29, 1.82) is 0 Å². The molecule has 1 aliphatic rings. The summed E-state index contributed by atoms with van der Waals surface area (Å²) in [7, 11) is 1.77. The van der Waals surface area contributed by atoms with Crippen molar-refractivity contribution in [2.24, 2.45) is 0 Å². The zero-order chi connectivity index (χ0) is 13.5.